The van der Waals surface area contributed by atoms with Crippen molar-refractivity contribution in [2.24, 2.45) is 11.8 Å². The Bertz CT molecular complexity index is 319. The van der Waals surface area contributed by atoms with Gasteiger partial charge in [-0.05, 0) is 25.7 Å². The summed E-state index contributed by atoms with van der Waals surface area (Å²) in [5.41, 5.74) is 0. The second-order valence-corrected chi connectivity index (χ2v) is 5.34. The number of carbonyl (C=O) groups is 2. The van der Waals surface area contributed by atoms with Gasteiger partial charge in [-0.15, -0.1) is 0 Å². The van der Waals surface area contributed by atoms with Crippen LogP contribution in [0.5, 0.6) is 0 Å². The highest BCUT2D eigenvalue weighted by Gasteiger charge is 2.41. The molecule has 1 amide bonds. The van der Waals surface area contributed by atoms with Crippen molar-refractivity contribution < 1.29 is 19.4 Å². The maximum absolute atomic E-state index is 12.0. The molecule has 110 valence electrons. The lowest BCUT2D eigenvalue weighted by Gasteiger charge is -2.40. The van der Waals surface area contributed by atoms with E-state index in [2.05, 4.69) is 6.92 Å². The van der Waals surface area contributed by atoms with E-state index in [1.54, 1.807) is 4.90 Å². The second-order valence-electron chi connectivity index (χ2n) is 5.34. The van der Waals surface area contributed by atoms with Crippen LogP contribution in [0, 0.1) is 11.8 Å². The average molecular weight is 271 g/mol. The topological polar surface area (TPSA) is 66.8 Å². The first-order valence-corrected chi connectivity index (χ1v) is 7.09. The number of nitrogens with zero attached hydrogens (tertiary/aromatic N) is 1. The minimum absolute atomic E-state index is 0.0630. The van der Waals surface area contributed by atoms with E-state index in [1.807, 2.05) is 13.8 Å². The van der Waals surface area contributed by atoms with Gasteiger partial charge < -0.3 is 14.7 Å². The molecule has 0 saturated carbocycles. The Kier molecular flexibility index (Phi) is 6.28. The Morgan fingerprint density at radius 3 is 2.68 bits per heavy atom. The van der Waals surface area contributed by atoms with E-state index in [4.69, 9.17) is 4.74 Å². The quantitative estimate of drug-likeness (QED) is 0.716. The molecule has 3 unspecified atom stereocenters. The first-order chi connectivity index (χ1) is 8.99. The van der Waals surface area contributed by atoms with Crippen molar-refractivity contribution in [1.82, 2.24) is 4.90 Å². The number of carboxylic acid groups (broad SMARTS) is 1. The van der Waals surface area contributed by atoms with E-state index < -0.39 is 11.9 Å². The van der Waals surface area contributed by atoms with Crippen LogP contribution in [0.1, 0.15) is 40.0 Å². The van der Waals surface area contributed by atoms with Crippen LogP contribution in [0.15, 0.2) is 0 Å². The standard InChI is InChI=1S/C14H25NO4/c1-4-7-19-8-5-6-15-11(3)13(14(17)18)10(2)9-12(15)16/h10-11,13H,4-9H2,1-3H3,(H,17,18). The number of ether oxygens (including phenoxy) is 1. The minimum atomic E-state index is -0.806. The zero-order valence-electron chi connectivity index (χ0n) is 12.1. The summed E-state index contributed by atoms with van der Waals surface area (Å²) in [5, 5.41) is 9.26. The van der Waals surface area contributed by atoms with Crippen molar-refractivity contribution in [3.05, 3.63) is 0 Å². The van der Waals surface area contributed by atoms with E-state index in [9.17, 15) is 14.7 Å². The Balaban J connectivity index is 2.51. The maximum atomic E-state index is 12.0. The molecule has 1 fully saturated rings. The van der Waals surface area contributed by atoms with E-state index in [-0.39, 0.29) is 17.9 Å². The lowest BCUT2D eigenvalue weighted by Crippen LogP contribution is -2.53. The van der Waals surface area contributed by atoms with E-state index >= 15 is 0 Å². The third kappa shape index (κ3) is 4.20. The highest BCUT2D eigenvalue weighted by Crippen LogP contribution is 2.30. The lowest BCUT2D eigenvalue weighted by atomic mass is 9.81. The minimum Gasteiger partial charge on any atom is -0.481 e. The summed E-state index contributed by atoms with van der Waals surface area (Å²) in [6.45, 7) is 7.67. The van der Waals surface area contributed by atoms with Crippen LogP contribution in [0.25, 0.3) is 0 Å². The Morgan fingerprint density at radius 1 is 1.42 bits per heavy atom. The van der Waals surface area contributed by atoms with E-state index in [1.165, 1.54) is 0 Å². The summed E-state index contributed by atoms with van der Waals surface area (Å²) in [4.78, 5) is 25.0. The van der Waals surface area contributed by atoms with Gasteiger partial charge in [0.1, 0.15) is 0 Å². The highest BCUT2D eigenvalue weighted by atomic mass is 16.5. The molecule has 0 aromatic heterocycles. The third-order valence-corrected chi connectivity index (χ3v) is 3.76. The van der Waals surface area contributed by atoms with Gasteiger partial charge in [0.25, 0.3) is 0 Å². The molecule has 0 spiro atoms. The fourth-order valence-corrected chi connectivity index (χ4v) is 2.78. The van der Waals surface area contributed by atoms with Crippen molar-refractivity contribution >= 4 is 11.9 Å². The summed E-state index contributed by atoms with van der Waals surface area (Å²) in [6.07, 6.45) is 2.07. The largest absolute Gasteiger partial charge is 0.481 e. The molecule has 1 saturated heterocycles. The van der Waals surface area contributed by atoms with E-state index in [0.717, 1.165) is 19.4 Å². The van der Waals surface area contributed by atoms with Crippen LogP contribution in [-0.4, -0.2) is 47.7 Å². The molecule has 1 aliphatic heterocycles. The molecule has 19 heavy (non-hydrogen) atoms. The highest BCUT2D eigenvalue weighted by molar-refractivity contribution is 5.81. The van der Waals surface area contributed by atoms with Crippen LogP contribution in [-0.2, 0) is 14.3 Å². The predicted octanol–water partition coefficient (Wildman–Crippen LogP) is 1.76. The van der Waals surface area contributed by atoms with Crippen LogP contribution >= 0.6 is 0 Å². The number of rotatable bonds is 7. The molecule has 5 heteroatoms. The maximum Gasteiger partial charge on any atom is 0.308 e. The third-order valence-electron chi connectivity index (χ3n) is 3.76. The number of hydrogen-bond acceptors (Lipinski definition) is 3. The van der Waals surface area contributed by atoms with Crippen molar-refractivity contribution in [3.8, 4) is 0 Å². The zero-order valence-corrected chi connectivity index (χ0v) is 12.1. The van der Waals surface area contributed by atoms with Gasteiger partial charge in [-0.25, -0.2) is 0 Å². The number of carboxylic acids is 1. The van der Waals surface area contributed by atoms with Crippen molar-refractivity contribution in [1.29, 1.82) is 0 Å². The van der Waals surface area contributed by atoms with Crippen molar-refractivity contribution in [2.75, 3.05) is 19.8 Å². The molecular weight excluding hydrogens is 246 g/mol. The molecule has 5 nitrogen and oxygen atoms in total. The molecule has 0 aliphatic carbocycles. The van der Waals surface area contributed by atoms with Gasteiger partial charge in [0.15, 0.2) is 0 Å². The van der Waals surface area contributed by atoms with Gasteiger partial charge in [0.2, 0.25) is 5.91 Å². The molecule has 1 rings (SSSR count). The SMILES string of the molecule is CCCOCCCN1C(=O)CC(C)C(C(=O)O)C1C. The molecule has 0 radical (unpaired) electrons. The van der Waals surface area contributed by atoms with Crippen LogP contribution < -0.4 is 0 Å². The zero-order chi connectivity index (χ0) is 14.4. The summed E-state index contributed by atoms with van der Waals surface area (Å²) in [5.74, 6) is -1.30. The smallest absolute Gasteiger partial charge is 0.308 e. The Morgan fingerprint density at radius 2 is 2.11 bits per heavy atom. The molecule has 1 N–H and O–H groups in total. The molecule has 1 aliphatic rings. The van der Waals surface area contributed by atoms with Gasteiger partial charge in [-0.2, -0.15) is 0 Å². The number of amides is 1. The normalized spacial score (nSPS) is 27.6. The average Bonchev–Trinajstić information content (AvgIpc) is 2.31. The van der Waals surface area contributed by atoms with Crippen LogP contribution in [0.2, 0.25) is 0 Å². The van der Waals surface area contributed by atoms with Gasteiger partial charge in [0.05, 0.1) is 5.92 Å². The summed E-state index contributed by atoms with van der Waals surface area (Å²) < 4.78 is 5.39. The second kappa shape index (κ2) is 7.48. The number of likely N-dealkylation sites (tertiary alicyclic amines) is 1. The summed E-state index contributed by atoms with van der Waals surface area (Å²) in [7, 11) is 0. The van der Waals surface area contributed by atoms with Crippen LogP contribution in [0.4, 0.5) is 0 Å². The number of aliphatic carboxylic acids is 1. The fourth-order valence-electron chi connectivity index (χ4n) is 2.78. The van der Waals surface area contributed by atoms with Gasteiger partial charge >= 0.3 is 5.97 Å². The van der Waals surface area contributed by atoms with Crippen molar-refractivity contribution in [3.63, 3.8) is 0 Å². The number of piperidine rings is 1. The molecule has 0 bridgehead atoms. The first-order valence-electron chi connectivity index (χ1n) is 7.09. The number of hydrogen-bond donors (Lipinski definition) is 1. The molecule has 0 aromatic carbocycles. The molecule has 1 heterocycles. The van der Waals surface area contributed by atoms with Gasteiger partial charge in [-0.1, -0.05) is 13.8 Å². The monoisotopic (exact) mass is 271 g/mol. The lowest BCUT2D eigenvalue weighted by molar-refractivity contribution is -0.154. The summed E-state index contributed by atoms with van der Waals surface area (Å²) >= 11 is 0. The predicted molar refractivity (Wildman–Crippen MR) is 71.8 cm³/mol. The van der Waals surface area contributed by atoms with Crippen molar-refractivity contribution in [2.45, 2.75) is 46.1 Å². The Labute approximate surface area is 114 Å². The molecule has 0 aromatic rings. The van der Waals surface area contributed by atoms with Crippen LogP contribution in [0.3, 0.4) is 0 Å². The molecule has 3 atom stereocenters. The summed E-state index contributed by atoms with van der Waals surface area (Å²) in [6, 6.07) is -0.236. The molecular formula is C14H25NO4. The van der Waals surface area contributed by atoms with E-state index in [0.29, 0.717) is 19.6 Å². The van der Waals surface area contributed by atoms with Gasteiger partial charge in [0, 0.05) is 32.2 Å². The number of carbonyl (C=O) groups excluding carboxylic acids is 1. The fraction of sp³-hybridized carbons (Fsp3) is 0.857. The first kappa shape index (κ1) is 16.0. The Hall–Kier alpha value is -1.10. The van der Waals surface area contributed by atoms with Gasteiger partial charge in [-0.3, -0.25) is 9.59 Å².